The third-order valence-corrected chi connectivity index (χ3v) is 3.27. The van der Waals surface area contributed by atoms with Crippen molar-refractivity contribution < 1.29 is 19.6 Å². The Hall–Kier alpha value is -2.09. The second kappa shape index (κ2) is 6.74. The van der Waals surface area contributed by atoms with Crippen LogP contribution in [0.1, 0.15) is 16.8 Å². The summed E-state index contributed by atoms with van der Waals surface area (Å²) in [7, 11) is 1.46. The second-order valence-electron chi connectivity index (χ2n) is 3.51. The van der Waals surface area contributed by atoms with Crippen molar-refractivity contribution >= 4 is 29.3 Å². The lowest BCUT2D eigenvalue weighted by Gasteiger charge is -2.05. The fourth-order valence-corrected chi connectivity index (χ4v) is 2.31. The minimum Gasteiger partial charge on any atom is -0.481 e. The number of carboxylic acids is 1. The number of carbonyl (C=O) groups is 2. The molecule has 19 heavy (non-hydrogen) atoms. The maximum atomic E-state index is 11.4. The largest absolute Gasteiger partial charge is 0.481 e. The highest BCUT2D eigenvalue weighted by atomic mass is 32.2. The standard InChI is InChI=1S/C11H12N2O5S/c1-12-11(16)7-2-3-8(13(17)18)9(6-7)19-5-4-10(14)15/h2-3,6H,4-5H2,1H3,(H,12,16)(H,14,15). The summed E-state index contributed by atoms with van der Waals surface area (Å²) in [6.07, 6.45) is -0.105. The molecular formula is C11H12N2O5S. The smallest absolute Gasteiger partial charge is 0.304 e. The van der Waals surface area contributed by atoms with E-state index in [-0.39, 0.29) is 28.7 Å². The topological polar surface area (TPSA) is 110 Å². The van der Waals surface area contributed by atoms with Gasteiger partial charge in [0.2, 0.25) is 0 Å². The van der Waals surface area contributed by atoms with Gasteiger partial charge in [0.15, 0.2) is 0 Å². The number of nitrogens with one attached hydrogen (secondary N) is 1. The van der Waals surface area contributed by atoms with Crippen molar-refractivity contribution in [3.8, 4) is 0 Å². The van der Waals surface area contributed by atoms with Crippen molar-refractivity contribution in [3.63, 3.8) is 0 Å². The number of carbonyl (C=O) groups excluding carboxylic acids is 1. The van der Waals surface area contributed by atoms with Gasteiger partial charge >= 0.3 is 5.97 Å². The number of nitrogens with zero attached hydrogens (tertiary/aromatic N) is 1. The molecule has 8 heteroatoms. The van der Waals surface area contributed by atoms with E-state index in [0.29, 0.717) is 5.56 Å². The zero-order valence-electron chi connectivity index (χ0n) is 10.1. The highest BCUT2D eigenvalue weighted by molar-refractivity contribution is 7.99. The molecule has 0 aliphatic carbocycles. The number of nitro groups is 1. The van der Waals surface area contributed by atoms with E-state index in [1.54, 1.807) is 0 Å². The SMILES string of the molecule is CNC(=O)c1ccc([N+](=O)[O-])c(SCCC(=O)O)c1. The fraction of sp³-hybridized carbons (Fsp3) is 0.273. The summed E-state index contributed by atoms with van der Waals surface area (Å²) < 4.78 is 0. The molecule has 0 aliphatic heterocycles. The molecular weight excluding hydrogens is 272 g/mol. The number of nitro benzene ring substituents is 1. The average molecular weight is 284 g/mol. The van der Waals surface area contributed by atoms with Crippen molar-refractivity contribution in [1.82, 2.24) is 5.32 Å². The number of rotatable bonds is 6. The quantitative estimate of drug-likeness (QED) is 0.465. The fourth-order valence-electron chi connectivity index (χ4n) is 1.31. The number of thioether (sulfide) groups is 1. The van der Waals surface area contributed by atoms with E-state index in [9.17, 15) is 19.7 Å². The highest BCUT2D eigenvalue weighted by Gasteiger charge is 2.17. The number of amides is 1. The lowest BCUT2D eigenvalue weighted by molar-refractivity contribution is -0.387. The monoisotopic (exact) mass is 284 g/mol. The average Bonchev–Trinajstić information content (AvgIpc) is 2.37. The predicted molar refractivity (Wildman–Crippen MR) is 69.5 cm³/mol. The maximum absolute atomic E-state index is 11.4. The van der Waals surface area contributed by atoms with Crippen LogP contribution in [0, 0.1) is 10.1 Å². The summed E-state index contributed by atoms with van der Waals surface area (Å²) in [6, 6.07) is 4.00. The molecule has 102 valence electrons. The van der Waals surface area contributed by atoms with Gasteiger partial charge in [-0.2, -0.15) is 0 Å². The Kier molecular flexibility index (Phi) is 5.31. The van der Waals surface area contributed by atoms with Gasteiger partial charge in [0.1, 0.15) is 0 Å². The van der Waals surface area contributed by atoms with Crippen LogP contribution in [-0.2, 0) is 4.79 Å². The molecule has 0 heterocycles. The van der Waals surface area contributed by atoms with Gasteiger partial charge in [0.05, 0.1) is 16.2 Å². The number of carboxylic acid groups (broad SMARTS) is 1. The molecule has 1 amide bonds. The molecule has 0 unspecified atom stereocenters. The molecule has 0 atom stereocenters. The van der Waals surface area contributed by atoms with Gasteiger partial charge in [-0.1, -0.05) is 0 Å². The maximum Gasteiger partial charge on any atom is 0.304 e. The molecule has 7 nitrogen and oxygen atoms in total. The van der Waals surface area contributed by atoms with Gasteiger partial charge in [-0.3, -0.25) is 19.7 Å². The summed E-state index contributed by atoms with van der Waals surface area (Å²) in [5.74, 6) is -1.12. The Morgan fingerprint density at radius 2 is 2.16 bits per heavy atom. The van der Waals surface area contributed by atoms with Crippen LogP contribution in [0.5, 0.6) is 0 Å². The van der Waals surface area contributed by atoms with Crippen molar-refractivity contribution in [2.75, 3.05) is 12.8 Å². The Morgan fingerprint density at radius 3 is 2.68 bits per heavy atom. The summed E-state index contributed by atoms with van der Waals surface area (Å²) in [5, 5.41) is 21.8. The van der Waals surface area contributed by atoms with Gasteiger partial charge < -0.3 is 10.4 Å². The van der Waals surface area contributed by atoms with E-state index < -0.39 is 10.9 Å². The number of benzene rings is 1. The minimum absolute atomic E-state index is 0.105. The zero-order chi connectivity index (χ0) is 14.4. The molecule has 0 saturated heterocycles. The summed E-state index contributed by atoms with van der Waals surface area (Å²) in [6.45, 7) is 0. The highest BCUT2D eigenvalue weighted by Crippen LogP contribution is 2.30. The predicted octanol–water partition coefficient (Wildman–Crippen LogP) is 1.52. The van der Waals surface area contributed by atoms with Crippen LogP contribution in [0.2, 0.25) is 0 Å². The Morgan fingerprint density at radius 1 is 1.47 bits per heavy atom. The van der Waals surface area contributed by atoms with E-state index in [2.05, 4.69) is 5.32 Å². The minimum atomic E-state index is -0.974. The molecule has 0 saturated carbocycles. The molecule has 0 aromatic heterocycles. The van der Waals surface area contributed by atoms with Crippen molar-refractivity contribution in [1.29, 1.82) is 0 Å². The molecule has 0 aliphatic rings. The molecule has 0 bridgehead atoms. The molecule has 0 radical (unpaired) electrons. The van der Waals surface area contributed by atoms with E-state index in [0.717, 1.165) is 11.8 Å². The van der Waals surface area contributed by atoms with Crippen LogP contribution in [0.3, 0.4) is 0 Å². The number of hydrogen-bond donors (Lipinski definition) is 2. The normalized spacial score (nSPS) is 9.95. The van der Waals surface area contributed by atoms with Gasteiger partial charge in [-0.05, 0) is 12.1 Å². The van der Waals surface area contributed by atoms with Gasteiger partial charge in [0.25, 0.3) is 11.6 Å². The summed E-state index contributed by atoms with van der Waals surface area (Å²) in [5.41, 5.74) is 0.161. The molecule has 2 N–H and O–H groups in total. The Bertz CT molecular complexity index is 518. The Balaban J connectivity index is 2.98. The van der Waals surface area contributed by atoms with E-state index in [4.69, 9.17) is 5.11 Å². The molecule has 0 spiro atoms. The van der Waals surface area contributed by atoms with Crippen LogP contribution in [0.25, 0.3) is 0 Å². The van der Waals surface area contributed by atoms with Gasteiger partial charge in [-0.15, -0.1) is 11.8 Å². The Labute approximate surface area is 113 Å². The first-order chi connectivity index (χ1) is 8.95. The van der Waals surface area contributed by atoms with Crippen molar-refractivity contribution in [2.24, 2.45) is 0 Å². The van der Waals surface area contributed by atoms with E-state index in [1.165, 1.54) is 25.2 Å². The van der Waals surface area contributed by atoms with Crippen molar-refractivity contribution in [2.45, 2.75) is 11.3 Å². The van der Waals surface area contributed by atoms with Crippen molar-refractivity contribution in [3.05, 3.63) is 33.9 Å². The number of aliphatic carboxylic acids is 1. The zero-order valence-corrected chi connectivity index (χ0v) is 10.9. The van der Waals surface area contributed by atoms with Crippen LogP contribution in [0.4, 0.5) is 5.69 Å². The van der Waals surface area contributed by atoms with Gasteiger partial charge in [-0.25, -0.2) is 0 Å². The first kappa shape index (κ1) is 15.0. The van der Waals surface area contributed by atoms with Crippen LogP contribution < -0.4 is 5.32 Å². The molecule has 1 aromatic rings. The lowest BCUT2D eigenvalue weighted by atomic mass is 10.2. The first-order valence-electron chi connectivity index (χ1n) is 5.30. The third kappa shape index (κ3) is 4.25. The van der Waals surface area contributed by atoms with Gasteiger partial charge in [0, 0.05) is 24.4 Å². The van der Waals surface area contributed by atoms with Crippen LogP contribution >= 0.6 is 11.8 Å². The molecule has 1 aromatic carbocycles. The molecule has 1 rings (SSSR count). The second-order valence-corrected chi connectivity index (χ2v) is 4.65. The van der Waals surface area contributed by atoms with E-state index in [1.807, 2.05) is 0 Å². The van der Waals surface area contributed by atoms with E-state index >= 15 is 0 Å². The van der Waals surface area contributed by atoms with Crippen LogP contribution in [0.15, 0.2) is 23.1 Å². The summed E-state index contributed by atoms with van der Waals surface area (Å²) in [4.78, 5) is 32.4. The van der Waals surface area contributed by atoms with Crippen LogP contribution in [-0.4, -0.2) is 34.7 Å². The third-order valence-electron chi connectivity index (χ3n) is 2.22. The lowest BCUT2D eigenvalue weighted by Crippen LogP contribution is -2.17. The number of hydrogen-bond acceptors (Lipinski definition) is 5. The summed E-state index contributed by atoms with van der Waals surface area (Å²) >= 11 is 1.04. The molecule has 0 fully saturated rings. The first-order valence-corrected chi connectivity index (χ1v) is 6.29.